The lowest BCUT2D eigenvalue weighted by molar-refractivity contribution is -0.138. The Morgan fingerprint density at radius 3 is 1.52 bits per heavy atom. The van der Waals surface area contributed by atoms with Gasteiger partial charge < -0.3 is 4.74 Å². The zero-order chi connectivity index (χ0) is 33.5. The number of hydrogen-bond donors (Lipinski definition) is 0. The van der Waals surface area contributed by atoms with E-state index in [-0.39, 0.29) is 10.8 Å². The molecule has 0 aliphatic heterocycles. The average Bonchev–Trinajstić information content (AvgIpc) is 3.07. The number of benzene rings is 7. The van der Waals surface area contributed by atoms with E-state index in [1.54, 1.807) is 7.11 Å². The Morgan fingerprint density at radius 1 is 0.458 bits per heavy atom. The molecule has 7 heteroatoms. The van der Waals surface area contributed by atoms with Crippen molar-refractivity contribution in [3.05, 3.63) is 148 Å². The normalized spacial score (nSPS) is 19.9. The van der Waals surface area contributed by atoms with E-state index in [1.165, 1.54) is 12.1 Å². The fourth-order valence-electron chi connectivity index (χ4n) is 8.89. The van der Waals surface area contributed by atoms with Crippen molar-refractivity contribution in [2.24, 2.45) is 0 Å². The SMILES string of the molecule is COc1ccc2ccc3c(c2c1)C1(C)c2cc4ccccc4cc2C3(C)c2c1c1ccc(C(F)(F)F)cc1c1cc(C(F)(F)F)ccc21. The minimum Gasteiger partial charge on any atom is -0.497 e. The van der Waals surface area contributed by atoms with Gasteiger partial charge in [0.2, 0.25) is 0 Å². The molecule has 3 aliphatic rings. The van der Waals surface area contributed by atoms with Crippen LogP contribution in [0, 0.1) is 0 Å². The largest absolute Gasteiger partial charge is 0.497 e. The van der Waals surface area contributed by atoms with Crippen molar-refractivity contribution >= 4 is 43.1 Å². The first kappa shape index (κ1) is 29.1. The number of ether oxygens (including phenoxy) is 1. The van der Waals surface area contributed by atoms with E-state index in [0.717, 1.165) is 79.2 Å². The molecular weight excluding hydrogens is 622 g/mol. The second kappa shape index (κ2) is 9.10. The van der Waals surface area contributed by atoms with Crippen LogP contribution in [-0.2, 0) is 23.2 Å². The van der Waals surface area contributed by atoms with Crippen LogP contribution in [0.3, 0.4) is 0 Å². The van der Waals surface area contributed by atoms with Crippen molar-refractivity contribution in [2.75, 3.05) is 7.11 Å². The molecule has 7 aromatic carbocycles. The summed E-state index contributed by atoms with van der Waals surface area (Å²) in [5.74, 6) is 0.669. The van der Waals surface area contributed by atoms with Gasteiger partial charge in [-0.25, -0.2) is 0 Å². The molecule has 0 aromatic heterocycles. The molecule has 0 saturated heterocycles. The molecule has 0 amide bonds. The van der Waals surface area contributed by atoms with Gasteiger partial charge in [0, 0.05) is 10.8 Å². The van der Waals surface area contributed by atoms with Gasteiger partial charge in [0.25, 0.3) is 0 Å². The van der Waals surface area contributed by atoms with E-state index in [9.17, 15) is 26.3 Å². The number of fused-ring (bicyclic) bond motifs is 5. The first-order chi connectivity index (χ1) is 22.8. The van der Waals surface area contributed by atoms with Gasteiger partial charge in [0.05, 0.1) is 18.2 Å². The summed E-state index contributed by atoms with van der Waals surface area (Å²) in [4.78, 5) is 0. The van der Waals surface area contributed by atoms with Gasteiger partial charge in [-0.05, 0) is 139 Å². The minimum atomic E-state index is -4.68. The molecule has 238 valence electrons. The maximum absolute atomic E-state index is 14.2. The highest BCUT2D eigenvalue weighted by Gasteiger charge is 2.57. The van der Waals surface area contributed by atoms with Crippen molar-refractivity contribution in [1.82, 2.24) is 0 Å². The van der Waals surface area contributed by atoms with E-state index >= 15 is 0 Å². The van der Waals surface area contributed by atoms with Gasteiger partial charge in [-0.2, -0.15) is 26.3 Å². The third-order valence-corrected chi connectivity index (χ3v) is 11.0. The molecule has 7 aromatic rings. The van der Waals surface area contributed by atoms with Crippen molar-refractivity contribution < 1.29 is 31.1 Å². The first-order valence-corrected chi connectivity index (χ1v) is 15.6. The lowest BCUT2D eigenvalue weighted by atomic mass is 9.46. The van der Waals surface area contributed by atoms with Crippen LogP contribution in [0.15, 0.2) is 103 Å². The molecule has 48 heavy (non-hydrogen) atoms. The standard InChI is InChI=1S/C41H26F6O/c1-38-32-15-9-21-8-12-26(48-3)20-29(21)35(32)39(2,34-17-23-7-5-4-6-22(23)16-33(34)38)37-28-14-11-25(41(45,46)47)19-31(28)30-18-24(40(42,43)44)10-13-27(30)36(37)38/h4-20H,1-3H3. The zero-order valence-corrected chi connectivity index (χ0v) is 26.0. The summed E-state index contributed by atoms with van der Waals surface area (Å²) in [6.45, 7) is 4.22. The number of alkyl halides is 6. The zero-order valence-electron chi connectivity index (χ0n) is 26.0. The van der Waals surface area contributed by atoms with Crippen LogP contribution in [0.1, 0.15) is 58.4 Å². The molecule has 0 heterocycles. The Kier molecular flexibility index (Phi) is 5.52. The Labute approximate surface area is 271 Å². The third-order valence-electron chi connectivity index (χ3n) is 11.0. The third kappa shape index (κ3) is 3.54. The van der Waals surface area contributed by atoms with Crippen LogP contribution in [0.25, 0.3) is 43.1 Å². The molecule has 2 unspecified atom stereocenters. The lowest BCUT2D eigenvalue weighted by Gasteiger charge is -2.55. The first-order valence-electron chi connectivity index (χ1n) is 15.6. The molecule has 0 fully saturated rings. The van der Waals surface area contributed by atoms with Crippen molar-refractivity contribution in [3.8, 4) is 5.75 Å². The molecule has 0 saturated carbocycles. The van der Waals surface area contributed by atoms with Gasteiger partial charge in [-0.15, -0.1) is 0 Å². The molecule has 2 bridgehead atoms. The molecular formula is C41H26F6O. The summed E-state index contributed by atoms with van der Waals surface area (Å²) < 4.78 is 90.8. The van der Waals surface area contributed by atoms with Crippen LogP contribution in [0.2, 0.25) is 0 Å². The Bertz CT molecular complexity index is 2560. The van der Waals surface area contributed by atoms with Crippen molar-refractivity contribution in [3.63, 3.8) is 0 Å². The van der Waals surface area contributed by atoms with Gasteiger partial charge >= 0.3 is 12.4 Å². The molecule has 2 atom stereocenters. The van der Waals surface area contributed by atoms with E-state index in [1.807, 2.05) is 42.5 Å². The topological polar surface area (TPSA) is 9.23 Å². The van der Waals surface area contributed by atoms with Crippen LogP contribution in [-0.4, -0.2) is 7.11 Å². The summed E-state index contributed by atoms with van der Waals surface area (Å²) >= 11 is 0. The fourth-order valence-corrected chi connectivity index (χ4v) is 8.89. The predicted octanol–water partition coefficient (Wildman–Crippen LogP) is 11.7. The van der Waals surface area contributed by atoms with Gasteiger partial charge in [-0.1, -0.05) is 54.6 Å². The van der Waals surface area contributed by atoms with E-state index in [4.69, 9.17) is 4.74 Å². The van der Waals surface area contributed by atoms with Crippen LogP contribution in [0.4, 0.5) is 26.3 Å². The smallest absolute Gasteiger partial charge is 0.416 e. The van der Waals surface area contributed by atoms with E-state index in [0.29, 0.717) is 16.5 Å². The monoisotopic (exact) mass is 648 g/mol. The number of halogens is 6. The molecule has 0 radical (unpaired) electrons. The van der Waals surface area contributed by atoms with Crippen LogP contribution >= 0.6 is 0 Å². The lowest BCUT2D eigenvalue weighted by Crippen LogP contribution is -2.48. The van der Waals surface area contributed by atoms with Gasteiger partial charge in [0.1, 0.15) is 5.75 Å². The highest BCUT2D eigenvalue weighted by atomic mass is 19.4. The highest BCUT2D eigenvalue weighted by Crippen LogP contribution is 2.66. The number of methoxy groups -OCH3 is 1. The second-order valence-corrected chi connectivity index (χ2v) is 13.3. The van der Waals surface area contributed by atoms with E-state index < -0.39 is 34.3 Å². The van der Waals surface area contributed by atoms with Crippen molar-refractivity contribution in [1.29, 1.82) is 0 Å². The Hall–Kier alpha value is -5.04. The fraction of sp³-hybridized carbons (Fsp3) is 0.171. The van der Waals surface area contributed by atoms with Crippen LogP contribution < -0.4 is 4.74 Å². The maximum atomic E-state index is 14.2. The predicted molar refractivity (Wildman–Crippen MR) is 177 cm³/mol. The quantitative estimate of drug-likeness (QED) is 0.127. The highest BCUT2D eigenvalue weighted by molar-refractivity contribution is 6.15. The second-order valence-electron chi connectivity index (χ2n) is 13.3. The van der Waals surface area contributed by atoms with Gasteiger partial charge in [-0.3, -0.25) is 0 Å². The van der Waals surface area contributed by atoms with Crippen molar-refractivity contribution in [2.45, 2.75) is 37.0 Å². The summed E-state index contributed by atoms with van der Waals surface area (Å²) in [6, 6.07) is 29.5. The van der Waals surface area contributed by atoms with Crippen LogP contribution in [0.5, 0.6) is 5.75 Å². The molecule has 1 nitrogen and oxygen atoms in total. The van der Waals surface area contributed by atoms with E-state index in [2.05, 4.69) is 38.1 Å². The Morgan fingerprint density at radius 2 is 0.979 bits per heavy atom. The molecule has 0 N–H and O–H groups in total. The number of rotatable bonds is 1. The summed E-state index contributed by atoms with van der Waals surface area (Å²) in [5, 5.41) is 5.29. The van der Waals surface area contributed by atoms with Gasteiger partial charge in [0.15, 0.2) is 0 Å². The summed E-state index contributed by atoms with van der Waals surface area (Å²) in [5.41, 5.74) is 2.12. The average molecular weight is 649 g/mol. The molecule has 10 rings (SSSR count). The minimum absolute atomic E-state index is 0.142. The Balaban J connectivity index is 1.55. The molecule has 3 aliphatic carbocycles. The molecule has 0 spiro atoms. The summed E-state index contributed by atoms with van der Waals surface area (Å²) in [6.07, 6.45) is -9.36. The summed E-state index contributed by atoms with van der Waals surface area (Å²) in [7, 11) is 1.61. The maximum Gasteiger partial charge on any atom is 0.416 e. The number of hydrogen-bond acceptors (Lipinski definition) is 1.